The van der Waals surface area contributed by atoms with Gasteiger partial charge in [-0.05, 0) is 25.6 Å². The first kappa shape index (κ1) is 14.8. The van der Waals surface area contributed by atoms with E-state index in [1.54, 1.807) is 12.1 Å². The third-order valence-corrected chi connectivity index (χ3v) is 4.73. The summed E-state index contributed by atoms with van der Waals surface area (Å²) < 4.78 is 5.97. The second-order valence-electron chi connectivity index (χ2n) is 5.67. The van der Waals surface area contributed by atoms with E-state index in [1.165, 1.54) is 0 Å². The standard InChI is InChI=1S/C15H15Cl2N5O/c1-19-8-2-3-22(6-8)14-13-11(20-15(18)21-14)9-4-7(16)5-10(17)12(9)23-13/h4-5,8,19H,2-3,6H2,1H3,(H2,18,20,21)/t8-/m1/s1. The molecule has 3 heterocycles. The lowest BCUT2D eigenvalue weighted by Crippen LogP contribution is -2.30. The number of nitrogens with two attached hydrogens (primary N) is 1. The zero-order valence-electron chi connectivity index (χ0n) is 12.4. The molecule has 1 saturated heterocycles. The van der Waals surface area contributed by atoms with Crippen LogP contribution in [0.2, 0.25) is 10.0 Å². The van der Waals surface area contributed by atoms with E-state index < -0.39 is 0 Å². The Hall–Kier alpha value is -1.76. The Labute approximate surface area is 142 Å². The van der Waals surface area contributed by atoms with Crippen LogP contribution in [0, 0.1) is 0 Å². The molecule has 3 N–H and O–H groups in total. The van der Waals surface area contributed by atoms with Gasteiger partial charge in [-0.25, -0.2) is 4.98 Å². The molecule has 120 valence electrons. The summed E-state index contributed by atoms with van der Waals surface area (Å²) >= 11 is 12.4. The first-order valence-electron chi connectivity index (χ1n) is 7.34. The molecule has 1 aromatic carbocycles. The number of rotatable bonds is 2. The van der Waals surface area contributed by atoms with Crippen LogP contribution >= 0.6 is 23.2 Å². The van der Waals surface area contributed by atoms with Gasteiger partial charge in [-0.1, -0.05) is 23.2 Å². The van der Waals surface area contributed by atoms with E-state index in [4.69, 9.17) is 33.4 Å². The van der Waals surface area contributed by atoms with Gasteiger partial charge in [0.1, 0.15) is 5.52 Å². The number of nitrogens with one attached hydrogen (secondary N) is 1. The summed E-state index contributed by atoms with van der Waals surface area (Å²) in [6.45, 7) is 1.72. The molecule has 4 rings (SSSR count). The van der Waals surface area contributed by atoms with Gasteiger partial charge in [0.2, 0.25) is 5.95 Å². The largest absolute Gasteiger partial charge is 0.449 e. The van der Waals surface area contributed by atoms with Crippen LogP contribution in [-0.4, -0.2) is 36.1 Å². The van der Waals surface area contributed by atoms with Crippen molar-refractivity contribution in [1.29, 1.82) is 0 Å². The number of likely N-dealkylation sites (N-methyl/N-ethyl adjacent to an activating group) is 1. The number of fused-ring (bicyclic) bond motifs is 3. The number of nitrogen functional groups attached to an aromatic ring is 1. The quantitative estimate of drug-likeness (QED) is 0.738. The van der Waals surface area contributed by atoms with Crippen molar-refractivity contribution < 1.29 is 4.42 Å². The van der Waals surface area contributed by atoms with Crippen LogP contribution in [0.3, 0.4) is 0 Å². The molecule has 0 spiro atoms. The highest BCUT2D eigenvalue weighted by molar-refractivity contribution is 6.39. The van der Waals surface area contributed by atoms with Crippen molar-refractivity contribution in [3.63, 3.8) is 0 Å². The van der Waals surface area contributed by atoms with Crippen LogP contribution in [0.15, 0.2) is 16.5 Å². The SMILES string of the molecule is CN[C@@H]1CCN(c2nc(N)nc3c2oc2c(Cl)cc(Cl)cc23)C1. The summed E-state index contributed by atoms with van der Waals surface area (Å²) in [5.41, 5.74) is 7.70. The highest BCUT2D eigenvalue weighted by atomic mass is 35.5. The number of benzene rings is 1. The average Bonchev–Trinajstić information content (AvgIpc) is 3.11. The number of halogens is 2. The molecule has 23 heavy (non-hydrogen) atoms. The van der Waals surface area contributed by atoms with Gasteiger partial charge in [-0.3, -0.25) is 0 Å². The van der Waals surface area contributed by atoms with Crippen LogP contribution in [0.5, 0.6) is 0 Å². The fourth-order valence-corrected chi connectivity index (χ4v) is 3.61. The van der Waals surface area contributed by atoms with Crippen molar-refractivity contribution in [2.24, 2.45) is 0 Å². The summed E-state index contributed by atoms with van der Waals surface area (Å²) in [5.74, 6) is 0.910. The maximum atomic E-state index is 6.25. The van der Waals surface area contributed by atoms with Crippen LogP contribution < -0.4 is 16.0 Å². The molecule has 0 radical (unpaired) electrons. The zero-order valence-corrected chi connectivity index (χ0v) is 13.9. The second kappa shape index (κ2) is 5.40. The number of furan rings is 1. The highest BCUT2D eigenvalue weighted by Crippen LogP contribution is 2.38. The normalized spacial score (nSPS) is 18.4. The zero-order chi connectivity index (χ0) is 16.1. The van der Waals surface area contributed by atoms with E-state index in [9.17, 15) is 0 Å². The minimum atomic E-state index is 0.208. The van der Waals surface area contributed by atoms with E-state index in [0.29, 0.717) is 38.6 Å². The Morgan fingerprint density at radius 3 is 2.87 bits per heavy atom. The third-order valence-electron chi connectivity index (χ3n) is 4.23. The van der Waals surface area contributed by atoms with Gasteiger partial charge >= 0.3 is 0 Å². The van der Waals surface area contributed by atoms with Crippen LogP contribution in [-0.2, 0) is 0 Å². The fraction of sp³-hybridized carbons (Fsp3) is 0.333. The highest BCUT2D eigenvalue weighted by Gasteiger charge is 2.27. The van der Waals surface area contributed by atoms with Crippen molar-refractivity contribution in [1.82, 2.24) is 15.3 Å². The Balaban J connectivity index is 1.96. The first-order chi connectivity index (χ1) is 11.1. The predicted molar refractivity (Wildman–Crippen MR) is 93.4 cm³/mol. The Morgan fingerprint density at radius 1 is 1.30 bits per heavy atom. The lowest BCUT2D eigenvalue weighted by Gasteiger charge is -2.17. The predicted octanol–water partition coefficient (Wildman–Crippen LogP) is 3.06. The van der Waals surface area contributed by atoms with Gasteiger partial charge < -0.3 is 20.4 Å². The van der Waals surface area contributed by atoms with Gasteiger partial charge in [0.05, 0.1) is 10.4 Å². The van der Waals surface area contributed by atoms with Crippen molar-refractivity contribution in [2.45, 2.75) is 12.5 Å². The average molecular weight is 352 g/mol. The van der Waals surface area contributed by atoms with Crippen LogP contribution in [0.25, 0.3) is 22.1 Å². The summed E-state index contributed by atoms with van der Waals surface area (Å²) in [7, 11) is 1.96. The number of hydrogen-bond donors (Lipinski definition) is 2. The van der Waals surface area contributed by atoms with E-state index in [2.05, 4.69) is 20.2 Å². The number of aromatic nitrogens is 2. The molecule has 0 amide bonds. The molecule has 1 fully saturated rings. The fourth-order valence-electron chi connectivity index (χ4n) is 3.08. The van der Waals surface area contributed by atoms with Crippen molar-refractivity contribution in [2.75, 3.05) is 30.8 Å². The summed E-state index contributed by atoms with van der Waals surface area (Å²) in [6, 6.07) is 3.85. The van der Waals surface area contributed by atoms with Gasteiger partial charge in [0.15, 0.2) is 17.0 Å². The Bertz CT molecular complexity index is 910. The van der Waals surface area contributed by atoms with E-state index >= 15 is 0 Å². The molecule has 2 aromatic heterocycles. The van der Waals surface area contributed by atoms with Gasteiger partial charge in [0.25, 0.3) is 0 Å². The maximum absolute atomic E-state index is 6.25. The monoisotopic (exact) mass is 351 g/mol. The number of hydrogen-bond acceptors (Lipinski definition) is 6. The topological polar surface area (TPSA) is 80.2 Å². The van der Waals surface area contributed by atoms with Crippen LogP contribution in [0.1, 0.15) is 6.42 Å². The maximum Gasteiger partial charge on any atom is 0.222 e. The third kappa shape index (κ3) is 2.38. The summed E-state index contributed by atoms with van der Waals surface area (Å²) in [4.78, 5) is 10.9. The molecular weight excluding hydrogens is 337 g/mol. The molecule has 6 nitrogen and oxygen atoms in total. The van der Waals surface area contributed by atoms with E-state index in [0.717, 1.165) is 24.9 Å². The van der Waals surface area contributed by atoms with Gasteiger partial charge in [-0.2, -0.15) is 4.98 Å². The second-order valence-corrected chi connectivity index (χ2v) is 6.51. The van der Waals surface area contributed by atoms with E-state index in [-0.39, 0.29) is 5.95 Å². The van der Waals surface area contributed by atoms with E-state index in [1.807, 2.05) is 7.05 Å². The smallest absolute Gasteiger partial charge is 0.222 e. The molecular formula is C15H15Cl2N5O. The molecule has 1 aliphatic rings. The molecule has 1 aliphatic heterocycles. The first-order valence-corrected chi connectivity index (χ1v) is 8.09. The van der Waals surface area contributed by atoms with Crippen LogP contribution in [0.4, 0.5) is 11.8 Å². The molecule has 0 aliphatic carbocycles. The minimum Gasteiger partial charge on any atom is -0.449 e. The molecule has 0 unspecified atom stereocenters. The molecule has 8 heteroatoms. The number of anilines is 2. The molecule has 3 aromatic rings. The van der Waals surface area contributed by atoms with Crippen molar-refractivity contribution in [3.8, 4) is 0 Å². The Kier molecular flexibility index (Phi) is 3.48. The van der Waals surface area contributed by atoms with Crippen molar-refractivity contribution in [3.05, 3.63) is 22.2 Å². The summed E-state index contributed by atoms with van der Waals surface area (Å²) in [6.07, 6.45) is 1.04. The van der Waals surface area contributed by atoms with Gasteiger partial charge in [0, 0.05) is 24.2 Å². The lowest BCUT2D eigenvalue weighted by atomic mass is 10.2. The minimum absolute atomic E-state index is 0.208. The summed E-state index contributed by atoms with van der Waals surface area (Å²) in [5, 5.41) is 5.01. The van der Waals surface area contributed by atoms with Crippen molar-refractivity contribution >= 4 is 57.0 Å². The Morgan fingerprint density at radius 2 is 2.13 bits per heavy atom. The molecule has 1 atom stereocenters. The molecule has 0 saturated carbocycles. The lowest BCUT2D eigenvalue weighted by molar-refractivity contribution is 0.615. The van der Waals surface area contributed by atoms with Gasteiger partial charge in [-0.15, -0.1) is 0 Å². The number of nitrogens with zero attached hydrogens (tertiary/aromatic N) is 3. The molecule has 0 bridgehead atoms.